The zero-order valence-electron chi connectivity index (χ0n) is 9.99. The predicted octanol–water partition coefficient (Wildman–Crippen LogP) is 2.49. The molecule has 1 atom stereocenters. The summed E-state index contributed by atoms with van der Waals surface area (Å²) >= 11 is 0. The molecule has 2 heteroatoms. The Morgan fingerprint density at radius 2 is 2.00 bits per heavy atom. The minimum absolute atomic E-state index is 0.0203. The molecular weight excluding hydrogens is 198 g/mol. The molecular formula is C14H19NO. The zero-order chi connectivity index (χ0) is 11.6. The molecule has 1 N–H and O–H groups in total. The van der Waals surface area contributed by atoms with Crippen LogP contribution in [0.2, 0.25) is 0 Å². The van der Waals surface area contributed by atoms with E-state index in [2.05, 4.69) is 43.4 Å². The lowest BCUT2D eigenvalue weighted by Crippen LogP contribution is -2.30. The first-order valence-corrected chi connectivity index (χ1v) is 5.95. The molecule has 1 aliphatic rings. The van der Waals surface area contributed by atoms with Crippen LogP contribution in [0.1, 0.15) is 32.3 Å². The van der Waals surface area contributed by atoms with Crippen LogP contribution in [0.4, 0.5) is 0 Å². The van der Waals surface area contributed by atoms with Crippen LogP contribution >= 0.6 is 0 Å². The van der Waals surface area contributed by atoms with Gasteiger partial charge in [0.15, 0.2) is 0 Å². The van der Waals surface area contributed by atoms with Gasteiger partial charge in [-0.15, -0.1) is 0 Å². The van der Waals surface area contributed by atoms with Gasteiger partial charge in [0.05, 0.1) is 0 Å². The van der Waals surface area contributed by atoms with Crippen LogP contribution in [0.15, 0.2) is 30.3 Å². The number of carbonyl (C=O) groups excluding carboxylic acids is 1. The van der Waals surface area contributed by atoms with Crippen LogP contribution in [-0.4, -0.2) is 12.5 Å². The first kappa shape index (κ1) is 11.2. The van der Waals surface area contributed by atoms with Gasteiger partial charge in [-0.05, 0) is 17.9 Å². The summed E-state index contributed by atoms with van der Waals surface area (Å²) in [6.45, 7) is 5.22. The Morgan fingerprint density at radius 1 is 1.31 bits per heavy atom. The number of hydrogen-bond donors (Lipinski definition) is 1. The number of amides is 1. The molecule has 1 unspecified atom stereocenters. The van der Waals surface area contributed by atoms with Crippen LogP contribution in [0, 0.1) is 5.92 Å². The van der Waals surface area contributed by atoms with Crippen LogP contribution in [0.5, 0.6) is 0 Å². The maximum atomic E-state index is 11.5. The largest absolute Gasteiger partial charge is 0.355 e. The molecule has 86 valence electrons. The van der Waals surface area contributed by atoms with Gasteiger partial charge in [0.2, 0.25) is 5.91 Å². The van der Waals surface area contributed by atoms with Crippen molar-refractivity contribution >= 4 is 5.91 Å². The van der Waals surface area contributed by atoms with Crippen molar-refractivity contribution in [1.29, 1.82) is 0 Å². The lowest BCUT2D eigenvalue weighted by molar-refractivity contribution is -0.119. The van der Waals surface area contributed by atoms with Crippen molar-refractivity contribution in [2.75, 3.05) is 6.54 Å². The van der Waals surface area contributed by atoms with E-state index < -0.39 is 0 Å². The summed E-state index contributed by atoms with van der Waals surface area (Å²) in [5.41, 5.74) is 1.31. The van der Waals surface area contributed by atoms with Crippen LogP contribution in [0.25, 0.3) is 0 Å². The summed E-state index contributed by atoms with van der Waals surface area (Å²) in [6, 6.07) is 10.4. The van der Waals surface area contributed by atoms with Crippen molar-refractivity contribution in [2.24, 2.45) is 5.92 Å². The lowest BCUT2D eigenvalue weighted by Gasteiger charge is -2.29. The van der Waals surface area contributed by atoms with Crippen molar-refractivity contribution in [3.05, 3.63) is 35.9 Å². The summed E-state index contributed by atoms with van der Waals surface area (Å²) in [5, 5.41) is 2.98. The molecule has 0 aromatic heterocycles. The van der Waals surface area contributed by atoms with Gasteiger partial charge in [-0.25, -0.2) is 0 Å². The SMILES string of the molecule is CC(C)CC1(c2ccccc2)CNC(=O)C1. The van der Waals surface area contributed by atoms with Crippen LogP contribution in [-0.2, 0) is 10.2 Å². The second-order valence-corrected chi connectivity index (χ2v) is 5.20. The van der Waals surface area contributed by atoms with Crippen molar-refractivity contribution in [2.45, 2.75) is 32.1 Å². The Kier molecular flexibility index (Phi) is 2.99. The average molecular weight is 217 g/mol. The molecule has 1 heterocycles. The zero-order valence-corrected chi connectivity index (χ0v) is 9.99. The highest BCUT2D eigenvalue weighted by molar-refractivity contribution is 5.80. The third kappa shape index (κ3) is 2.11. The summed E-state index contributed by atoms with van der Waals surface area (Å²) in [6.07, 6.45) is 1.70. The molecule has 16 heavy (non-hydrogen) atoms. The van der Waals surface area contributed by atoms with Gasteiger partial charge in [-0.3, -0.25) is 4.79 Å². The number of nitrogens with one attached hydrogen (secondary N) is 1. The van der Waals surface area contributed by atoms with Gasteiger partial charge >= 0.3 is 0 Å². The van der Waals surface area contributed by atoms with E-state index >= 15 is 0 Å². The van der Waals surface area contributed by atoms with Gasteiger partial charge in [0.1, 0.15) is 0 Å². The fourth-order valence-electron chi connectivity index (χ4n) is 2.74. The third-order valence-corrected chi connectivity index (χ3v) is 3.31. The van der Waals surface area contributed by atoms with Crippen molar-refractivity contribution in [3.63, 3.8) is 0 Å². The molecule has 0 bridgehead atoms. The Bertz CT molecular complexity index is 372. The molecule has 1 aromatic carbocycles. The maximum Gasteiger partial charge on any atom is 0.220 e. The highest BCUT2D eigenvalue weighted by atomic mass is 16.1. The molecule has 1 fully saturated rings. The molecule has 0 saturated carbocycles. The standard InChI is InChI=1S/C14H19NO/c1-11(2)8-14(9-13(16)15-10-14)12-6-4-3-5-7-12/h3-7,11H,8-10H2,1-2H3,(H,15,16). The molecule has 0 radical (unpaired) electrons. The van der Waals surface area contributed by atoms with Crippen LogP contribution < -0.4 is 5.32 Å². The second kappa shape index (κ2) is 4.28. The molecule has 1 aliphatic heterocycles. The normalized spacial score (nSPS) is 24.8. The van der Waals surface area contributed by atoms with Crippen molar-refractivity contribution < 1.29 is 4.79 Å². The van der Waals surface area contributed by atoms with E-state index in [-0.39, 0.29) is 11.3 Å². The second-order valence-electron chi connectivity index (χ2n) is 5.20. The summed E-state index contributed by atoms with van der Waals surface area (Å²) < 4.78 is 0. The van der Waals surface area contributed by atoms with Gasteiger partial charge in [0.25, 0.3) is 0 Å². The highest BCUT2D eigenvalue weighted by Gasteiger charge is 2.40. The van der Waals surface area contributed by atoms with E-state index in [1.54, 1.807) is 0 Å². The first-order chi connectivity index (χ1) is 7.62. The molecule has 0 aliphatic carbocycles. The number of hydrogen-bond acceptors (Lipinski definition) is 1. The Balaban J connectivity index is 2.32. The van der Waals surface area contributed by atoms with Gasteiger partial charge < -0.3 is 5.32 Å². The Morgan fingerprint density at radius 3 is 2.50 bits per heavy atom. The number of benzene rings is 1. The van der Waals surface area contributed by atoms with E-state index in [4.69, 9.17) is 0 Å². The molecule has 0 spiro atoms. The third-order valence-electron chi connectivity index (χ3n) is 3.31. The summed E-state index contributed by atoms with van der Waals surface area (Å²) in [5.74, 6) is 0.789. The van der Waals surface area contributed by atoms with Gasteiger partial charge in [-0.2, -0.15) is 0 Å². The number of carbonyl (C=O) groups is 1. The highest BCUT2D eigenvalue weighted by Crippen LogP contribution is 2.37. The van der Waals surface area contributed by atoms with E-state index in [0.29, 0.717) is 12.3 Å². The van der Waals surface area contributed by atoms with E-state index in [1.165, 1.54) is 5.56 Å². The number of rotatable bonds is 3. The first-order valence-electron chi connectivity index (χ1n) is 5.95. The Hall–Kier alpha value is -1.31. The Labute approximate surface area is 97.1 Å². The topological polar surface area (TPSA) is 29.1 Å². The fourth-order valence-corrected chi connectivity index (χ4v) is 2.74. The molecule has 1 saturated heterocycles. The molecule has 2 rings (SSSR count). The molecule has 1 amide bonds. The molecule has 2 nitrogen and oxygen atoms in total. The maximum absolute atomic E-state index is 11.5. The summed E-state index contributed by atoms with van der Waals surface area (Å²) in [4.78, 5) is 11.5. The minimum atomic E-state index is 0.0203. The smallest absolute Gasteiger partial charge is 0.220 e. The van der Waals surface area contributed by atoms with Crippen molar-refractivity contribution in [1.82, 2.24) is 5.32 Å². The van der Waals surface area contributed by atoms with Crippen LogP contribution in [0.3, 0.4) is 0 Å². The van der Waals surface area contributed by atoms with Crippen molar-refractivity contribution in [3.8, 4) is 0 Å². The average Bonchev–Trinajstić information content (AvgIpc) is 2.62. The van der Waals surface area contributed by atoms with E-state index in [0.717, 1.165) is 13.0 Å². The monoisotopic (exact) mass is 217 g/mol. The fraction of sp³-hybridized carbons (Fsp3) is 0.500. The van der Waals surface area contributed by atoms with E-state index in [1.807, 2.05) is 6.07 Å². The van der Waals surface area contributed by atoms with Gasteiger partial charge in [0, 0.05) is 18.4 Å². The quantitative estimate of drug-likeness (QED) is 0.828. The predicted molar refractivity (Wildman–Crippen MR) is 65.2 cm³/mol. The van der Waals surface area contributed by atoms with Gasteiger partial charge in [-0.1, -0.05) is 44.2 Å². The molecule has 1 aromatic rings. The van der Waals surface area contributed by atoms with E-state index in [9.17, 15) is 4.79 Å². The summed E-state index contributed by atoms with van der Waals surface area (Å²) in [7, 11) is 0. The minimum Gasteiger partial charge on any atom is -0.355 e. The lowest BCUT2D eigenvalue weighted by atomic mass is 9.74.